The van der Waals surface area contributed by atoms with Gasteiger partial charge in [0, 0.05) is 24.7 Å². The van der Waals surface area contributed by atoms with E-state index in [9.17, 15) is 23.3 Å². The van der Waals surface area contributed by atoms with E-state index in [1.165, 1.54) is 43.0 Å². The first-order chi connectivity index (χ1) is 14.6. The molecule has 1 heterocycles. The van der Waals surface area contributed by atoms with Gasteiger partial charge < -0.3 is 10.1 Å². The lowest BCUT2D eigenvalue weighted by molar-refractivity contribution is -0.386. The van der Waals surface area contributed by atoms with Crippen LogP contribution in [-0.2, 0) is 14.8 Å². The number of carbonyl (C=O) groups is 1. The number of benzene rings is 2. The van der Waals surface area contributed by atoms with Crippen LogP contribution in [0.3, 0.4) is 0 Å². The lowest BCUT2D eigenvalue weighted by Gasteiger charge is -2.11. The number of carbonyl (C=O) groups excluding carboxylic acids is 1. The molecule has 0 saturated carbocycles. The first kappa shape index (κ1) is 21.8. The summed E-state index contributed by atoms with van der Waals surface area (Å²) in [6.45, 7) is 3.16. The molecule has 0 aliphatic carbocycles. The number of nitrogens with one attached hydrogen (secondary N) is 2. The van der Waals surface area contributed by atoms with E-state index in [0.717, 1.165) is 6.07 Å². The number of aryl methyl sites for hydroxylation is 1. The Morgan fingerprint density at radius 1 is 1.16 bits per heavy atom. The highest BCUT2D eigenvalue weighted by molar-refractivity contribution is 7.92. The van der Waals surface area contributed by atoms with Gasteiger partial charge in [-0.05, 0) is 43.3 Å². The summed E-state index contributed by atoms with van der Waals surface area (Å²) >= 11 is 0. The van der Waals surface area contributed by atoms with Gasteiger partial charge in [0.15, 0.2) is 5.75 Å². The SMILES string of the molecule is COc1ccc(S(=O)(=O)Nc2ccc(-n3nc(C)cc3NC(C)=O)cc2)cc1[N+](=O)[O-]. The minimum Gasteiger partial charge on any atom is -0.490 e. The van der Waals surface area contributed by atoms with Crippen LogP contribution in [0.1, 0.15) is 12.6 Å². The Bertz CT molecular complexity index is 1250. The normalized spacial score (nSPS) is 11.1. The fourth-order valence-corrected chi connectivity index (χ4v) is 3.91. The van der Waals surface area contributed by atoms with Gasteiger partial charge in [0.05, 0.1) is 28.3 Å². The summed E-state index contributed by atoms with van der Waals surface area (Å²) in [5, 5.41) is 18.2. The molecule has 0 radical (unpaired) electrons. The number of hydrogen-bond acceptors (Lipinski definition) is 7. The van der Waals surface area contributed by atoms with Crippen LogP contribution in [0.15, 0.2) is 53.4 Å². The largest absolute Gasteiger partial charge is 0.490 e. The standard InChI is InChI=1S/C19H19N5O6S/c1-12-10-19(20-13(2)25)23(21-12)15-6-4-14(5-7-15)22-31(28,29)16-8-9-18(30-3)17(11-16)24(26)27/h4-11,22H,1-3H3,(H,20,25). The molecule has 3 aromatic rings. The van der Waals surface area contributed by atoms with Crippen molar-refractivity contribution in [2.24, 2.45) is 0 Å². The molecule has 0 fully saturated rings. The molecule has 12 heteroatoms. The van der Waals surface area contributed by atoms with Crippen molar-refractivity contribution in [2.75, 3.05) is 17.1 Å². The van der Waals surface area contributed by atoms with E-state index in [4.69, 9.17) is 4.74 Å². The van der Waals surface area contributed by atoms with Crippen molar-refractivity contribution in [1.29, 1.82) is 0 Å². The minimum atomic E-state index is -4.08. The number of hydrogen-bond donors (Lipinski definition) is 2. The number of sulfonamides is 1. The van der Waals surface area contributed by atoms with Gasteiger partial charge in [0.2, 0.25) is 5.91 Å². The zero-order chi connectivity index (χ0) is 22.8. The first-order valence-electron chi connectivity index (χ1n) is 8.90. The van der Waals surface area contributed by atoms with Crippen LogP contribution in [0.25, 0.3) is 5.69 Å². The molecule has 0 atom stereocenters. The molecule has 2 N–H and O–H groups in total. The van der Waals surface area contributed by atoms with Gasteiger partial charge in [0.25, 0.3) is 10.0 Å². The topological polar surface area (TPSA) is 145 Å². The molecule has 0 saturated heterocycles. The maximum absolute atomic E-state index is 12.7. The molecule has 162 valence electrons. The van der Waals surface area contributed by atoms with Crippen LogP contribution in [0, 0.1) is 17.0 Å². The van der Waals surface area contributed by atoms with Crippen LogP contribution < -0.4 is 14.8 Å². The summed E-state index contributed by atoms with van der Waals surface area (Å²) in [7, 11) is -2.82. The van der Waals surface area contributed by atoms with Gasteiger partial charge in [-0.25, -0.2) is 13.1 Å². The Morgan fingerprint density at radius 2 is 1.84 bits per heavy atom. The molecule has 1 amide bonds. The van der Waals surface area contributed by atoms with Gasteiger partial charge in [-0.1, -0.05) is 0 Å². The first-order valence-corrected chi connectivity index (χ1v) is 10.4. The molecule has 0 bridgehead atoms. The Labute approximate surface area is 177 Å². The molecular formula is C19H19N5O6S. The lowest BCUT2D eigenvalue weighted by Crippen LogP contribution is -2.14. The Kier molecular flexibility index (Phi) is 5.92. The van der Waals surface area contributed by atoms with Gasteiger partial charge in [-0.3, -0.25) is 19.6 Å². The third-order valence-electron chi connectivity index (χ3n) is 4.16. The number of anilines is 2. The fraction of sp³-hybridized carbons (Fsp3) is 0.158. The number of amides is 1. The number of aromatic nitrogens is 2. The summed E-state index contributed by atoms with van der Waals surface area (Å²) in [6.07, 6.45) is 0. The Balaban J connectivity index is 1.87. The number of nitrogens with zero attached hydrogens (tertiary/aromatic N) is 3. The third-order valence-corrected chi connectivity index (χ3v) is 5.54. The molecule has 0 spiro atoms. The summed E-state index contributed by atoms with van der Waals surface area (Å²) in [5.41, 5.74) is 1.07. The second kappa shape index (κ2) is 8.44. The van der Waals surface area contributed by atoms with Crippen LogP contribution in [-0.4, -0.2) is 36.1 Å². The summed E-state index contributed by atoms with van der Waals surface area (Å²) < 4.78 is 34.1. The molecular weight excluding hydrogens is 426 g/mol. The molecule has 0 aliphatic heterocycles. The van der Waals surface area contributed by atoms with Crippen molar-refractivity contribution in [3.63, 3.8) is 0 Å². The van der Waals surface area contributed by atoms with Gasteiger partial charge in [-0.2, -0.15) is 5.10 Å². The monoisotopic (exact) mass is 445 g/mol. The van der Waals surface area contributed by atoms with Crippen molar-refractivity contribution in [2.45, 2.75) is 18.7 Å². The highest BCUT2D eigenvalue weighted by Crippen LogP contribution is 2.30. The van der Waals surface area contributed by atoms with Crippen LogP contribution in [0.2, 0.25) is 0 Å². The molecule has 2 aromatic carbocycles. The lowest BCUT2D eigenvalue weighted by atomic mass is 10.3. The zero-order valence-corrected chi connectivity index (χ0v) is 17.6. The van der Waals surface area contributed by atoms with E-state index < -0.39 is 20.6 Å². The molecule has 1 aromatic heterocycles. The minimum absolute atomic E-state index is 0.0437. The molecule has 31 heavy (non-hydrogen) atoms. The van der Waals surface area contributed by atoms with E-state index in [-0.39, 0.29) is 22.2 Å². The van der Waals surface area contributed by atoms with Crippen molar-refractivity contribution in [3.8, 4) is 11.4 Å². The maximum atomic E-state index is 12.7. The number of methoxy groups -OCH3 is 1. The van der Waals surface area contributed by atoms with E-state index >= 15 is 0 Å². The van der Waals surface area contributed by atoms with Gasteiger partial charge in [0.1, 0.15) is 5.82 Å². The van der Waals surface area contributed by atoms with Crippen LogP contribution in [0.5, 0.6) is 5.75 Å². The second-order valence-electron chi connectivity index (χ2n) is 6.51. The predicted molar refractivity (Wildman–Crippen MR) is 113 cm³/mol. The van der Waals surface area contributed by atoms with Crippen molar-refractivity contribution >= 4 is 33.1 Å². The molecule has 0 aliphatic rings. The Morgan fingerprint density at radius 3 is 2.42 bits per heavy atom. The molecule has 3 rings (SSSR count). The third kappa shape index (κ3) is 4.80. The van der Waals surface area contributed by atoms with E-state index in [1.54, 1.807) is 25.1 Å². The van der Waals surface area contributed by atoms with Crippen molar-refractivity contribution in [3.05, 3.63) is 64.3 Å². The quantitative estimate of drug-likeness (QED) is 0.420. The zero-order valence-electron chi connectivity index (χ0n) is 16.8. The van der Waals surface area contributed by atoms with Gasteiger partial charge in [-0.15, -0.1) is 0 Å². The highest BCUT2D eigenvalue weighted by Gasteiger charge is 2.22. The Hall–Kier alpha value is -3.93. The van der Waals surface area contributed by atoms with E-state index in [0.29, 0.717) is 17.2 Å². The summed E-state index contributed by atoms with van der Waals surface area (Å²) in [6, 6.07) is 11.3. The van der Waals surface area contributed by atoms with Crippen molar-refractivity contribution in [1.82, 2.24) is 9.78 Å². The summed E-state index contributed by atoms with van der Waals surface area (Å²) in [4.78, 5) is 21.5. The van der Waals surface area contributed by atoms with Gasteiger partial charge >= 0.3 is 5.69 Å². The molecule has 11 nitrogen and oxygen atoms in total. The van der Waals surface area contributed by atoms with E-state index in [2.05, 4.69) is 15.1 Å². The average molecular weight is 445 g/mol. The highest BCUT2D eigenvalue weighted by atomic mass is 32.2. The van der Waals surface area contributed by atoms with E-state index in [1.807, 2.05) is 0 Å². The number of rotatable bonds is 7. The maximum Gasteiger partial charge on any atom is 0.312 e. The van der Waals surface area contributed by atoms with Crippen LogP contribution >= 0.6 is 0 Å². The smallest absolute Gasteiger partial charge is 0.312 e. The average Bonchev–Trinajstić information content (AvgIpc) is 3.07. The fourth-order valence-electron chi connectivity index (χ4n) is 2.83. The number of ether oxygens (including phenoxy) is 1. The van der Waals surface area contributed by atoms with Crippen LogP contribution in [0.4, 0.5) is 17.2 Å². The van der Waals surface area contributed by atoms with Crippen molar-refractivity contribution < 1.29 is 22.9 Å². The number of nitro groups is 1. The predicted octanol–water partition coefficient (Wildman–Crippen LogP) is 2.86. The second-order valence-corrected chi connectivity index (χ2v) is 8.19. The summed E-state index contributed by atoms with van der Waals surface area (Å²) in [5.74, 6) is 0.181. The number of nitro benzene ring substituents is 1. The molecule has 0 unspecified atom stereocenters.